The Morgan fingerprint density at radius 3 is 2.52 bits per heavy atom. The highest BCUT2D eigenvalue weighted by Gasteiger charge is 2.34. The quantitative estimate of drug-likeness (QED) is 0.676. The van der Waals surface area contributed by atoms with Crippen molar-refractivity contribution in [2.45, 2.75) is 6.18 Å². The van der Waals surface area contributed by atoms with Crippen molar-refractivity contribution < 1.29 is 18.3 Å². The number of hydrogen-bond acceptors (Lipinski definition) is 4. The maximum atomic E-state index is 12.9. The second kappa shape index (κ2) is 4.37. The lowest BCUT2D eigenvalue weighted by atomic mass is 10.2. The van der Waals surface area contributed by atoms with E-state index in [0.29, 0.717) is 5.69 Å². The van der Waals surface area contributed by atoms with Gasteiger partial charge in [0.2, 0.25) is 0 Å². The van der Waals surface area contributed by atoms with Crippen LogP contribution >= 0.6 is 0 Å². The van der Waals surface area contributed by atoms with Crippen molar-refractivity contribution in [1.29, 1.82) is 0 Å². The van der Waals surface area contributed by atoms with E-state index < -0.39 is 11.7 Å². The number of aromatic nitrogens is 3. The minimum absolute atomic E-state index is 0.0843. The van der Waals surface area contributed by atoms with Gasteiger partial charge in [0.15, 0.2) is 0 Å². The van der Waals surface area contributed by atoms with E-state index in [1.54, 1.807) is 0 Å². The minimum Gasteiger partial charge on any atom is -0.506 e. The van der Waals surface area contributed by atoms with Crippen LogP contribution in [0.1, 0.15) is 5.56 Å². The highest BCUT2D eigenvalue weighted by atomic mass is 19.4. The highest BCUT2D eigenvalue weighted by Crippen LogP contribution is 2.34. The van der Waals surface area contributed by atoms with Gasteiger partial charge in [-0.1, -0.05) is 6.07 Å². The van der Waals surface area contributed by atoms with Crippen LogP contribution in [0.25, 0.3) is 16.7 Å². The summed E-state index contributed by atoms with van der Waals surface area (Å²) in [6.45, 7) is 0. The van der Waals surface area contributed by atoms with E-state index in [1.807, 2.05) is 0 Å². The van der Waals surface area contributed by atoms with Gasteiger partial charge < -0.3 is 10.8 Å². The molecule has 3 rings (SSSR count). The number of fused-ring (bicyclic) bond motifs is 1. The van der Waals surface area contributed by atoms with Crippen LogP contribution in [0.2, 0.25) is 0 Å². The maximum absolute atomic E-state index is 12.9. The van der Waals surface area contributed by atoms with Crippen molar-refractivity contribution in [3.8, 4) is 11.4 Å². The van der Waals surface area contributed by atoms with Crippen LogP contribution in [0.5, 0.6) is 5.75 Å². The molecule has 0 amide bonds. The predicted molar refractivity (Wildman–Crippen MR) is 69.9 cm³/mol. The molecule has 0 saturated heterocycles. The predicted octanol–water partition coefficient (Wildman–Crippen LogP) is 2.73. The molecule has 0 atom stereocenters. The third-order valence-electron chi connectivity index (χ3n) is 2.93. The number of alkyl halides is 3. The van der Waals surface area contributed by atoms with Crippen molar-refractivity contribution in [1.82, 2.24) is 15.0 Å². The number of halogens is 3. The first-order valence-corrected chi connectivity index (χ1v) is 5.88. The fourth-order valence-corrected chi connectivity index (χ4v) is 1.98. The van der Waals surface area contributed by atoms with Crippen molar-refractivity contribution in [2.75, 3.05) is 5.73 Å². The number of rotatable bonds is 1. The van der Waals surface area contributed by atoms with Gasteiger partial charge in [0.25, 0.3) is 0 Å². The largest absolute Gasteiger partial charge is 0.506 e. The Bertz CT molecular complexity index is 826. The molecule has 0 bridgehead atoms. The molecule has 2 aromatic carbocycles. The van der Waals surface area contributed by atoms with Crippen molar-refractivity contribution >= 4 is 16.7 Å². The van der Waals surface area contributed by atoms with Gasteiger partial charge in [0.05, 0.1) is 5.56 Å². The third kappa shape index (κ3) is 2.24. The molecule has 5 nitrogen and oxygen atoms in total. The molecule has 8 heteroatoms. The molecule has 1 heterocycles. The Morgan fingerprint density at radius 1 is 1.10 bits per heavy atom. The molecular formula is C13H9F3N4O. The van der Waals surface area contributed by atoms with Gasteiger partial charge >= 0.3 is 6.18 Å². The number of nitrogen functional groups attached to an aromatic ring is 1. The van der Waals surface area contributed by atoms with E-state index >= 15 is 0 Å². The van der Waals surface area contributed by atoms with Gasteiger partial charge in [0.1, 0.15) is 22.5 Å². The van der Waals surface area contributed by atoms with Gasteiger partial charge in [-0.05, 0) is 24.3 Å². The zero-order valence-electron chi connectivity index (χ0n) is 10.5. The summed E-state index contributed by atoms with van der Waals surface area (Å²) in [5, 5.41) is 17.6. The summed E-state index contributed by atoms with van der Waals surface area (Å²) in [4.78, 5) is 0.953. The first-order chi connectivity index (χ1) is 9.86. The van der Waals surface area contributed by atoms with E-state index in [1.165, 1.54) is 30.3 Å². The fraction of sp³-hybridized carbons (Fsp3) is 0.0769. The van der Waals surface area contributed by atoms with Crippen LogP contribution in [0, 0.1) is 0 Å². The third-order valence-corrected chi connectivity index (χ3v) is 2.93. The first kappa shape index (κ1) is 13.2. The average Bonchev–Trinajstić information content (AvgIpc) is 2.80. The van der Waals surface area contributed by atoms with Crippen LogP contribution in [-0.2, 0) is 6.18 Å². The second-order valence-corrected chi connectivity index (χ2v) is 4.41. The molecule has 3 aromatic rings. The Labute approximate surface area is 116 Å². The van der Waals surface area contributed by atoms with Crippen LogP contribution in [0.4, 0.5) is 18.9 Å². The van der Waals surface area contributed by atoms with Crippen molar-refractivity contribution in [2.24, 2.45) is 0 Å². The lowest BCUT2D eigenvalue weighted by molar-refractivity contribution is -0.136. The minimum atomic E-state index is -4.52. The van der Waals surface area contributed by atoms with Crippen molar-refractivity contribution in [3.05, 3.63) is 42.0 Å². The molecule has 21 heavy (non-hydrogen) atoms. The van der Waals surface area contributed by atoms with Crippen LogP contribution in [0.3, 0.4) is 0 Å². The maximum Gasteiger partial charge on any atom is 0.418 e. The van der Waals surface area contributed by atoms with E-state index in [2.05, 4.69) is 10.2 Å². The zero-order chi connectivity index (χ0) is 15.2. The van der Waals surface area contributed by atoms with E-state index in [-0.39, 0.29) is 22.5 Å². The van der Waals surface area contributed by atoms with Gasteiger partial charge in [-0.15, -0.1) is 15.0 Å². The highest BCUT2D eigenvalue weighted by molar-refractivity contribution is 5.78. The number of hydrogen-bond donors (Lipinski definition) is 2. The lowest BCUT2D eigenvalue weighted by Crippen LogP contribution is -2.06. The Morgan fingerprint density at radius 2 is 1.86 bits per heavy atom. The summed E-state index contributed by atoms with van der Waals surface area (Å²) in [6, 6.07) is 7.80. The zero-order valence-corrected chi connectivity index (χ0v) is 10.5. The Balaban J connectivity index is 2.22. The van der Waals surface area contributed by atoms with Gasteiger partial charge in [-0.2, -0.15) is 13.2 Å². The summed E-state index contributed by atoms with van der Waals surface area (Å²) in [6.07, 6.45) is -4.52. The number of aromatic hydroxyl groups is 1. The second-order valence-electron chi connectivity index (χ2n) is 4.41. The molecule has 0 radical (unpaired) electrons. The topological polar surface area (TPSA) is 77.0 Å². The normalized spacial score (nSPS) is 12.0. The number of phenolic OH excluding ortho intramolecular Hbond substituents is 1. The summed E-state index contributed by atoms with van der Waals surface area (Å²) in [7, 11) is 0. The Hall–Kier alpha value is -2.77. The van der Waals surface area contributed by atoms with Gasteiger partial charge in [-0.3, -0.25) is 0 Å². The number of nitrogens with zero attached hydrogens (tertiary/aromatic N) is 3. The lowest BCUT2D eigenvalue weighted by Gasteiger charge is -2.05. The SMILES string of the molecule is Nc1ccc(-n2nc3cccc(C(F)(F)F)c3n2)c(O)c1. The van der Waals surface area contributed by atoms with Crippen LogP contribution in [0.15, 0.2) is 36.4 Å². The molecule has 0 aliphatic carbocycles. The number of phenols is 1. The van der Waals surface area contributed by atoms with Gasteiger partial charge in [-0.25, -0.2) is 0 Å². The fourth-order valence-electron chi connectivity index (χ4n) is 1.98. The average molecular weight is 294 g/mol. The standard InChI is InChI=1S/C13H9F3N4O/c14-13(15,16)8-2-1-3-9-12(8)19-20(18-9)10-5-4-7(17)6-11(10)21/h1-6,21H,17H2. The molecule has 108 valence electrons. The van der Waals surface area contributed by atoms with Crippen molar-refractivity contribution in [3.63, 3.8) is 0 Å². The molecular weight excluding hydrogens is 285 g/mol. The smallest absolute Gasteiger partial charge is 0.418 e. The number of nitrogens with two attached hydrogens (primary N) is 1. The van der Waals surface area contributed by atoms with Gasteiger partial charge in [0, 0.05) is 11.8 Å². The number of anilines is 1. The first-order valence-electron chi connectivity index (χ1n) is 5.88. The molecule has 0 spiro atoms. The van der Waals surface area contributed by atoms with Crippen LogP contribution < -0.4 is 5.73 Å². The molecule has 0 fully saturated rings. The molecule has 3 N–H and O–H groups in total. The number of benzene rings is 2. The van der Waals surface area contributed by atoms with E-state index in [9.17, 15) is 18.3 Å². The molecule has 0 saturated carbocycles. The summed E-state index contributed by atoms with van der Waals surface area (Å²) in [5.74, 6) is -0.219. The summed E-state index contributed by atoms with van der Waals surface area (Å²) < 4.78 is 38.8. The molecule has 1 aromatic heterocycles. The van der Waals surface area contributed by atoms with Crippen LogP contribution in [-0.4, -0.2) is 20.1 Å². The molecule has 0 aliphatic heterocycles. The van der Waals surface area contributed by atoms with E-state index in [4.69, 9.17) is 5.73 Å². The summed E-state index contributed by atoms with van der Waals surface area (Å²) in [5.41, 5.74) is 4.91. The van der Waals surface area contributed by atoms with E-state index in [0.717, 1.165) is 10.9 Å². The monoisotopic (exact) mass is 294 g/mol. The molecule has 0 unspecified atom stereocenters. The summed E-state index contributed by atoms with van der Waals surface area (Å²) >= 11 is 0. The Kier molecular flexibility index (Phi) is 2.75. The molecule has 0 aliphatic rings.